The van der Waals surface area contributed by atoms with Gasteiger partial charge in [-0.3, -0.25) is 0 Å². The van der Waals surface area contributed by atoms with Crippen molar-refractivity contribution in [3.05, 3.63) is 10.7 Å². The summed E-state index contributed by atoms with van der Waals surface area (Å²) < 4.78 is 0.936. The number of hydrogen-bond acceptors (Lipinski definition) is 4. The molecule has 1 saturated carbocycles. The number of aromatic nitrogens is 2. The van der Waals surface area contributed by atoms with Gasteiger partial charge in [-0.15, -0.1) is 0 Å². The van der Waals surface area contributed by atoms with Gasteiger partial charge in [-0.1, -0.05) is 20.8 Å². The van der Waals surface area contributed by atoms with E-state index in [9.17, 15) is 0 Å². The molecule has 0 saturated heterocycles. The van der Waals surface area contributed by atoms with Gasteiger partial charge in [-0.05, 0) is 53.4 Å². The van der Waals surface area contributed by atoms with E-state index in [-0.39, 0.29) is 0 Å². The van der Waals surface area contributed by atoms with Gasteiger partial charge in [0.2, 0.25) is 5.95 Å². The van der Waals surface area contributed by atoms with Crippen molar-refractivity contribution in [2.45, 2.75) is 52.5 Å². The predicted molar refractivity (Wildman–Crippen MR) is 88.1 cm³/mol. The third kappa shape index (κ3) is 4.08. The first-order valence-corrected chi connectivity index (χ1v) is 8.42. The number of anilines is 2. The van der Waals surface area contributed by atoms with Crippen LogP contribution in [0.2, 0.25) is 0 Å². The molecule has 5 heteroatoms. The quantitative estimate of drug-likeness (QED) is 0.838. The van der Waals surface area contributed by atoms with Gasteiger partial charge >= 0.3 is 0 Å². The second-order valence-corrected chi connectivity index (χ2v) is 6.78. The molecular formula is C15H25BrN4. The number of nitrogens with one attached hydrogen (secondary N) is 2. The zero-order valence-electron chi connectivity index (χ0n) is 12.6. The van der Waals surface area contributed by atoms with E-state index < -0.39 is 0 Å². The van der Waals surface area contributed by atoms with Crippen LogP contribution in [-0.2, 0) is 0 Å². The summed E-state index contributed by atoms with van der Waals surface area (Å²) in [4.78, 5) is 8.86. The molecule has 1 aliphatic rings. The van der Waals surface area contributed by atoms with Gasteiger partial charge in [-0.2, -0.15) is 4.98 Å². The van der Waals surface area contributed by atoms with Gasteiger partial charge in [-0.25, -0.2) is 4.98 Å². The van der Waals surface area contributed by atoms with Gasteiger partial charge in [0.1, 0.15) is 5.82 Å². The molecule has 1 aliphatic carbocycles. The molecule has 2 N–H and O–H groups in total. The van der Waals surface area contributed by atoms with Gasteiger partial charge in [0, 0.05) is 18.8 Å². The normalized spacial score (nSPS) is 26.3. The fraction of sp³-hybridized carbons (Fsp3) is 0.733. The Morgan fingerprint density at radius 3 is 2.80 bits per heavy atom. The minimum absolute atomic E-state index is 0.520. The van der Waals surface area contributed by atoms with Crippen molar-refractivity contribution in [1.82, 2.24) is 9.97 Å². The van der Waals surface area contributed by atoms with Crippen LogP contribution in [0, 0.1) is 11.8 Å². The lowest BCUT2D eigenvalue weighted by atomic mass is 9.79. The summed E-state index contributed by atoms with van der Waals surface area (Å²) in [6.07, 6.45) is 6.62. The monoisotopic (exact) mass is 340 g/mol. The molecule has 0 radical (unpaired) electrons. The first kappa shape index (κ1) is 15.5. The highest BCUT2D eigenvalue weighted by Gasteiger charge is 2.25. The second kappa shape index (κ2) is 7.25. The Morgan fingerprint density at radius 1 is 1.30 bits per heavy atom. The Labute approximate surface area is 130 Å². The SMILES string of the molecule is CCCNc1ncc(Br)c(NC2CCC(C)C(C)C2)n1. The zero-order chi connectivity index (χ0) is 14.5. The molecule has 3 unspecified atom stereocenters. The van der Waals surface area contributed by atoms with Crippen molar-refractivity contribution in [3.63, 3.8) is 0 Å². The Balaban J connectivity index is 2.01. The van der Waals surface area contributed by atoms with E-state index in [1.165, 1.54) is 19.3 Å². The van der Waals surface area contributed by atoms with Crippen LogP contribution in [0.3, 0.4) is 0 Å². The average molecular weight is 341 g/mol. The number of halogens is 1. The molecule has 2 rings (SSSR count). The fourth-order valence-electron chi connectivity index (χ4n) is 2.66. The maximum Gasteiger partial charge on any atom is 0.224 e. The molecule has 20 heavy (non-hydrogen) atoms. The summed E-state index contributed by atoms with van der Waals surface area (Å²) in [5.74, 6) is 3.23. The summed E-state index contributed by atoms with van der Waals surface area (Å²) >= 11 is 3.54. The summed E-state index contributed by atoms with van der Waals surface area (Å²) in [5.41, 5.74) is 0. The summed E-state index contributed by atoms with van der Waals surface area (Å²) in [6, 6.07) is 0.520. The molecule has 1 aromatic rings. The highest BCUT2D eigenvalue weighted by molar-refractivity contribution is 9.10. The third-order valence-corrected chi connectivity index (χ3v) is 4.80. The second-order valence-electron chi connectivity index (χ2n) is 5.93. The van der Waals surface area contributed by atoms with E-state index in [1.54, 1.807) is 0 Å². The molecule has 1 aromatic heterocycles. The van der Waals surface area contributed by atoms with Gasteiger partial charge in [0.05, 0.1) is 4.47 Å². The molecule has 112 valence electrons. The van der Waals surface area contributed by atoms with Crippen LogP contribution < -0.4 is 10.6 Å². The summed E-state index contributed by atoms with van der Waals surface area (Å²) in [5, 5.41) is 6.81. The first-order chi connectivity index (χ1) is 9.60. The first-order valence-electron chi connectivity index (χ1n) is 7.63. The lowest BCUT2D eigenvalue weighted by Crippen LogP contribution is -2.30. The molecule has 0 amide bonds. The van der Waals surface area contributed by atoms with Crippen LogP contribution in [0.25, 0.3) is 0 Å². The van der Waals surface area contributed by atoms with Crippen molar-refractivity contribution in [2.75, 3.05) is 17.2 Å². The van der Waals surface area contributed by atoms with E-state index in [2.05, 4.69) is 57.3 Å². The molecular weight excluding hydrogens is 316 g/mol. The van der Waals surface area contributed by atoms with Gasteiger partial charge in [0.15, 0.2) is 0 Å². The van der Waals surface area contributed by atoms with Crippen LogP contribution in [-0.4, -0.2) is 22.6 Å². The summed E-state index contributed by atoms with van der Waals surface area (Å²) in [6.45, 7) is 7.74. The van der Waals surface area contributed by atoms with E-state index in [1.807, 2.05) is 6.20 Å². The zero-order valence-corrected chi connectivity index (χ0v) is 14.2. The van der Waals surface area contributed by atoms with Gasteiger partial charge < -0.3 is 10.6 Å². The minimum atomic E-state index is 0.520. The average Bonchev–Trinajstić information content (AvgIpc) is 2.44. The Morgan fingerprint density at radius 2 is 2.10 bits per heavy atom. The fourth-order valence-corrected chi connectivity index (χ4v) is 2.97. The van der Waals surface area contributed by atoms with Crippen LogP contribution in [0.4, 0.5) is 11.8 Å². The Kier molecular flexibility index (Phi) is 5.64. The molecule has 0 aliphatic heterocycles. The van der Waals surface area contributed by atoms with Gasteiger partial charge in [0.25, 0.3) is 0 Å². The topological polar surface area (TPSA) is 49.8 Å². The molecule has 0 bridgehead atoms. The minimum Gasteiger partial charge on any atom is -0.366 e. The molecule has 1 fully saturated rings. The summed E-state index contributed by atoms with van der Waals surface area (Å²) in [7, 11) is 0. The van der Waals surface area contributed by atoms with E-state index in [0.29, 0.717) is 12.0 Å². The lowest BCUT2D eigenvalue weighted by molar-refractivity contribution is 0.260. The predicted octanol–water partition coefficient (Wildman–Crippen LogP) is 4.30. The molecule has 0 aromatic carbocycles. The standard InChI is InChI=1S/C15H25BrN4/c1-4-7-17-15-18-9-13(16)14(20-15)19-12-6-5-10(2)11(3)8-12/h9-12H,4-8H2,1-3H3,(H2,17,18,19,20). The highest BCUT2D eigenvalue weighted by atomic mass is 79.9. The molecule has 1 heterocycles. The van der Waals surface area contributed by atoms with Crippen molar-refractivity contribution in [3.8, 4) is 0 Å². The Bertz CT molecular complexity index is 438. The van der Waals surface area contributed by atoms with E-state index >= 15 is 0 Å². The van der Waals surface area contributed by atoms with Crippen molar-refractivity contribution >= 4 is 27.7 Å². The Hall–Kier alpha value is -0.840. The number of hydrogen-bond donors (Lipinski definition) is 2. The molecule has 0 spiro atoms. The van der Waals surface area contributed by atoms with Crippen molar-refractivity contribution in [2.24, 2.45) is 11.8 Å². The maximum atomic E-state index is 4.57. The lowest BCUT2D eigenvalue weighted by Gasteiger charge is -2.33. The highest BCUT2D eigenvalue weighted by Crippen LogP contribution is 2.32. The largest absolute Gasteiger partial charge is 0.366 e. The van der Waals surface area contributed by atoms with Crippen LogP contribution in [0.5, 0.6) is 0 Å². The van der Waals surface area contributed by atoms with Crippen LogP contribution in [0.15, 0.2) is 10.7 Å². The van der Waals surface area contributed by atoms with E-state index in [4.69, 9.17) is 0 Å². The third-order valence-electron chi connectivity index (χ3n) is 4.22. The maximum absolute atomic E-state index is 4.57. The van der Waals surface area contributed by atoms with E-state index in [0.717, 1.165) is 35.1 Å². The molecule has 3 atom stereocenters. The molecule has 4 nitrogen and oxygen atoms in total. The number of rotatable bonds is 5. The smallest absolute Gasteiger partial charge is 0.224 e. The van der Waals surface area contributed by atoms with Crippen LogP contribution >= 0.6 is 15.9 Å². The van der Waals surface area contributed by atoms with Crippen molar-refractivity contribution in [1.29, 1.82) is 0 Å². The van der Waals surface area contributed by atoms with Crippen molar-refractivity contribution < 1.29 is 0 Å². The van der Waals surface area contributed by atoms with Crippen LogP contribution in [0.1, 0.15) is 46.5 Å². The number of nitrogens with zero attached hydrogens (tertiary/aromatic N) is 2.